The maximum absolute atomic E-state index is 12.5. The molecule has 4 rings (SSSR count). The van der Waals surface area contributed by atoms with Crippen LogP contribution in [0.3, 0.4) is 0 Å². The third-order valence-electron chi connectivity index (χ3n) is 5.75. The second-order valence-electron chi connectivity index (χ2n) is 7.71. The smallest absolute Gasteiger partial charge is 0.251 e. The molecule has 6 nitrogen and oxygen atoms in total. The maximum Gasteiger partial charge on any atom is 0.251 e. The van der Waals surface area contributed by atoms with Gasteiger partial charge in [-0.3, -0.25) is 14.5 Å². The van der Waals surface area contributed by atoms with E-state index in [4.69, 9.17) is 4.74 Å². The highest BCUT2D eigenvalue weighted by atomic mass is 16.5. The fraction of sp³-hybridized carbons (Fsp3) is 0.280. The number of rotatable bonds is 6. The first kappa shape index (κ1) is 20.9. The number of amides is 2. The van der Waals surface area contributed by atoms with E-state index in [2.05, 4.69) is 52.7 Å². The first-order chi connectivity index (χ1) is 15.1. The number of nitrogens with one attached hydrogen (secondary N) is 1. The minimum atomic E-state index is -0.259. The minimum absolute atomic E-state index is 0.00812. The molecule has 1 fully saturated rings. The lowest BCUT2D eigenvalue weighted by atomic mass is 10.0. The Balaban J connectivity index is 1.26. The number of ether oxygens (including phenoxy) is 1. The number of hydrogen-bond acceptors (Lipinski definition) is 4. The Bertz CT molecular complexity index is 1050. The second-order valence-corrected chi connectivity index (χ2v) is 7.71. The topological polar surface area (TPSA) is 61.9 Å². The number of carbonyl (C=O) groups is 2. The minimum Gasteiger partial charge on any atom is -0.497 e. The molecule has 0 saturated carbocycles. The molecule has 2 amide bonds. The zero-order valence-corrected chi connectivity index (χ0v) is 17.7. The third-order valence-corrected chi connectivity index (χ3v) is 5.75. The van der Waals surface area contributed by atoms with Crippen molar-refractivity contribution in [1.82, 2.24) is 15.1 Å². The van der Waals surface area contributed by atoms with Gasteiger partial charge in [0.15, 0.2) is 0 Å². The van der Waals surface area contributed by atoms with E-state index in [1.165, 1.54) is 16.3 Å². The molecule has 1 aliphatic heterocycles. The van der Waals surface area contributed by atoms with E-state index in [1.807, 2.05) is 4.90 Å². The Morgan fingerprint density at radius 2 is 1.61 bits per heavy atom. The Labute approximate surface area is 182 Å². The highest BCUT2D eigenvalue weighted by molar-refractivity contribution is 5.96. The maximum atomic E-state index is 12.5. The number of fused-ring (bicyclic) bond motifs is 1. The molecule has 0 bridgehead atoms. The van der Waals surface area contributed by atoms with Gasteiger partial charge < -0.3 is 15.0 Å². The quantitative estimate of drug-likeness (QED) is 0.670. The molecule has 0 radical (unpaired) electrons. The first-order valence-corrected chi connectivity index (χ1v) is 10.5. The van der Waals surface area contributed by atoms with Gasteiger partial charge in [-0.15, -0.1) is 0 Å². The molecule has 1 aliphatic rings. The average Bonchev–Trinajstić information content (AvgIpc) is 2.83. The number of carbonyl (C=O) groups excluding carboxylic acids is 2. The van der Waals surface area contributed by atoms with Crippen molar-refractivity contribution < 1.29 is 14.3 Å². The molecule has 31 heavy (non-hydrogen) atoms. The SMILES string of the molecule is COc1ccc(C(=O)NCC(=O)N2CCN(Cc3cccc4ccccc34)CC2)cc1. The summed E-state index contributed by atoms with van der Waals surface area (Å²) in [5, 5.41) is 5.25. The van der Waals surface area contributed by atoms with Gasteiger partial charge in [0.05, 0.1) is 13.7 Å². The van der Waals surface area contributed by atoms with Crippen LogP contribution in [-0.2, 0) is 11.3 Å². The number of benzene rings is 3. The molecule has 0 aliphatic carbocycles. The third kappa shape index (κ3) is 5.03. The zero-order valence-electron chi connectivity index (χ0n) is 17.7. The molecule has 1 heterocycles. The zero-order chi connectivity index (χ0) is 21.6. The van der Waals surface area contributed by atoms with Crippen LogP contribution in [0.5, 0.6) is 5.75 Å². The summed E-state index contributed by atoms with van der Waals surface area (Å²) >= 11 is 0. The van der Waals surface area contributed by atoms with E-state index in [1.54, 1.807) is 31.4 Å². The van der Waals surface area contributed by atoms with Crippen LogP contribution in [0.15, 0.2) is 66.7 Å². The van der Waals surface area contributed by atoms with Gasteiger partial charge in [0.1, 0.15) is 5.75 Å². The molecule has 0 spiro atoms. The number of hydrogen-bond donors (Lipinski definition) is 1. The van der Waals surface area contributed by atoms with Crippen molar-refractivity contribution in [2.75, 3.05) is 39.8 Å². The molecule has 0 atom stereocenters. The highest BCUT2D eigenvalue weighted by Gasteiger charge is 2.22. The summed E-state index contributed by atoms with van der Waals surface area (Å²) in [4.78, 5) is 29.0. The van der Waals surface area contributed by atoms with Gasteiger partial charge in [-0.05, 0) is 40.6 Å². The summed E-state index contributed by atoms with van der Waals surface area (Å²) in [6, 6.07) is 21.7. The molecule has 3 aromatic carbocycles. The summed E-state index contributed by atoms with van der Waals surface area (Å²) in [5.74, 6) is 0.381. The van der Waals surface area contributed by atoms with Gasteiger partial charge in [-0.1, -0.05) is 42.5 Å². The van der Waals surface area contributed by atoms with Gasteiger partial charge in [-0.25, -0.2) is 0 Å². The van der Waals surface area contributed by atoms with Crippen LogP contribution in [0.1, 0.15) is 15.9 Å². The summed E-state index contributed by atoms with van der Waals surface area (Å²) in [6.45, 7) is 3.86. The van der Waals surface area contributed by atoms with Crippen molar-refractivity contribution in [3.8, 4) is 5.75 Å². The summed E-state index contributed by atoms with van der Waals surface area (Å²) in [6.07, 6.45) is 0. The summed E-state index contributed by atoms with van der Waals surface area (Å²) < 4.78 is 5.10. The van der Waals surface area contributed by atoms with Gasteiger partial charge >= 0.3 is 0 Å². The fourth-order valence-corrected chi connectivity index (χ4v) is 3.94. The van der Waals surface area contributed by atoms with Crippen molar-refractivity contribution in [2.24, 2.45) is 0 Å². The molecule has 3 aromatic rings. The molecule has 1 N–H and O–H groups in total. The molecular formula is C25H27N3O3. The summed E-state index contributed by atoms with van der Waals surface area (Å²) in [5.41, 5.74) is 1.82. The van der Waals surface area contributed by atoms with E-state index < -0.39 is 0 Å². The predicted octanol–water partition coefficient (Wildman–Crippen LogP) is 2.92. The van der Waals surface area contributed by atoms with Crippen molar-refractivity contribution in [3.05, 3.63) is 77.9 Å². The van der Waals surface area contributed by atoms with Crippen LogP contribution in [0, 0.1) is 0 Å². The standard InChI is InChI=1S/C25H27N3O3/c1-31-22-11-9-20(10-12-22)25(30)26-17-24(29)28-15-13-27(14-16-28)18-21-7-4-6-19-5-2-3-8-23(19)21/h2-12H,13-18H2,1H3,(H,26,30). The Morgan fingerprint density at radius 1 is 0.903 bits per heavy atom. The van der Waals surface area contributed by atoms with Crippen molar-refractivity contribution in [3.63, 3.8) is 0 Å². The Morgan fingerprint density at radius 3 is 2.35 bits per heavy atom. The van der Waals surface area contributed by atoms with Crippen molar-refractivity contribution >= 4 is 22.6 Å². The van der Waals surface area contributed by atoms with E-state index in [0.29, 0.717) is 24.4 Å². The van der Waals surface area contributed by atoms with Crippen LogP contribution in [0.25, 0.3) is 10.8 Å². The number of piperazine rings is 1. The molecule has 160 valence electrons. The normalized spacial score (nSPS) is 14.4. The average molecular weight is 418 g/mol. The predicted molar refractivity (Wildman–Crippen MR) is 121 cm³/mol. The lowest BCUT2D eigenvalue weighted by Crippen LogP contribution is -2.50. The van der Waals surface area contributed by atoms with Gasteiger partial charge in [0.2, 0.25) is 5.91 Å². The summed E-state index contributed by atoms with van der Waals surface area (Å²) in [7, 11) is 1.58. The highest BCUT2D eigenvalue weighted by Crippen LogP contribution is 2.20. The van der Waals surface area contributed by atoms with Crippen LogP contribution in [0.4, 0.5) is 0 Å². The Kier molecular flexibility index (Phi) is 6.48. The molecule has 0 aromatic heterocycles. The fourth-order valence-electron chi connectivity index (χ4n) is 3.94. The number of methoxy groups -OCH3 is 1. The van der Waals surface area contributed by atoms with Crippen LogP contribution in [0.2, 0.25) is 0 Å². The largest absolute Gasteiger partial charge is 0.497 e. The lowest BCUT2D eigenvalue weighted by molar-refractivity contribution is -0.131. The molecule has 6 heteroatoms. The van der Waals surface area contributed by atoms with Gasteiger partial charge in [0.25, 0.3) is 5.91 Å². The molecule has 1 saturated heterocycles. The van der Waals surface area contributed by atoms with E-state index in [0.717, 1.165) is 19.6 Å². The number of nitrogens with zero attached hydrogens (tertiary/aromatic N) is 2. The van der Waals surface area contributed by atoms with Crippen LogP contribution in [-0.4, -0.2) is 61.4 Å². The van der Waals surface area contributed by atoms with Crippen LogP contribution >= 0.6 is 0 Å². The van der Waals surface area contributed by atoms with E-state index in [-0.39, 0.29) is 18.4 Å². The Hall–Kier alpha value is -3.38. The monoisotopic (exact) mass is 417 g/mol. The van der Waals surface area contributed by atoms with Crippen LogP contribution < -0.4 is 10.1 Å². The molecule has 0 unspecified atom stereocenters. The van der Waals surface area contributed by atoms with Crippen molar-refractivity contribution in [1.29, 1.82) is 0 Å². The van der Waals surface area contributed by atoms with Gasteiger partial charge in [0, 0.05) is 38.3 Å². The first-order valence-electron chi connectivity index (χ1n) is 10.5. The van der Waals surface area contributed by atoms with E-state index >= 15 is 0 Å². The van der Waals surface area contributed by atoms with Crippen molar-refractivity contribution in [2.45, 2.75) is 6.54 Å². The van der Waals surface area contributed by atoms with Gasteiger partial charge in [-0.2, -0.15) is 0 Å². The van der Waals surface area contributed by atoms with E-state index in [9.17, 15) is 9.59 Å². The second kappa shape index (κ2) is 9.62. The molecular weight excluding hydrogens is 390 g/mol. The lowest BCUT2D eigenvalue weighted by Gasteiger charge is -2.35.